The molecule has 2 unspecified atom stereocenters. The van der Waals surface area contributed by atoms with Crippen LogP contribution in [0.25, 0.3) is 0 Å². The number of rotatable bonds is 4. The summed E-state index contributed by atoms with van der Waals surface area (Å²) in [6.07, 6.45) is 2.22. The van der Waals surface area contributed by atoms with Gasteiger partial charge in [0.05, 0.1) is 17.0 Å². The first kappa shape index (κ1) is 13.9. The lowest BCUT2D eigenvalue weighted by Crippen LogP contribution is -2.28. The van der Waals surface area contributed by atoms with Gasteiger partial charge in [0.1, 0.15) is 5.75 Å². The second-order valence-electron chi connectivity index (χ2n) is 5.10. The highest BCUT2D eigenvalue weighted by molar-refractivity contribution is 9.09. The summed E-state index contributed by atoms with van der Waals surface area (Å²) in [5.74, 6) is 0.960. The first-order valence-corrected chi connectivity index (χ1v) is 7.50. The van der Waals surface area contributed by atoms with E-state index in [2.05, 4.69) is 48.0 Å². The Kier molecular flexibility index (Phi) is 4.33. The topological polar surface area (TPSA) is 18.5 Å². The summed E-state index contributed by atoms with van der Waals surface area (Å²) in [6, 6.07) is 6.34. The quantitative estimate of drug-likeness (QED) is 0.767. The maximum Gasteiger partial charge on any atom is 0.123 e. The SMILES string of the molecule is CCOc1ccc(C)cc1C(Br)C1(C)CCCO1. The molecule has 100 valence electrons. The van der Waals surface area contributed by atoms with Gasteiger partial charge in [-0.2, -0.15) is 0 Å². The Morgan fingerprint density at radius 3 is 2.89 bits per heavy atom. The zero-order valence-electron chi connectivity index (χ0n) is 11.3. The summed E-state index contributed by atoms with van der Waals surface area (Å²) in [6.45, 7) is 7.84. The van der Waals surface area contributed by atoms with Crippen LogP contribution < -0.4 is 4.74 Å². The first-order chi connectivity index (χ1) is 8.57. The number of benzene rings is 1. The number of aryl methyl sites for hydroxylation is 1. The Bertz CT molecular complexity index is 411. The Balaban J connectivity index is 2.33. The Morgan fingerprint density at radius 1 is 1.50 bits per heavy atom. The summed E-state index contributed by atoms with van der Waals surface area (Å²) >= 11 is 3.82. The average molecular weight is 313 g/mol. The average Bonchev–Trinajstić information content (AvgIpc) is 2.79. The van der Waals surface area contributed by atoms with E-state index in [1.54, 1.807) is 0 Å². The Labute approximate surface area is 118 Å². The molecule has 0 spiro atoms. The molecule has 18 heavy (non-hydrogen) atoms. The van der Waals surface area contributed by atoms with Gasteiger partial charge in [0.15, 0.2) is 0 Å². The molecule has 1 saturated heterocycles. The summed E-state index contributed by atoms with van der Waals surface area (Å²) in [4.78, 5) is 0.175. The second-order valence-corrected chi connectivity index (χ2v) is 6.02. The summed E-state index contributed by atoms with van der Waals surface area (Å²) in [7, 11) is 0. The molecule has 0 N–H and O–H groups in total. The van der Waals surface area contributed by atoms with Crippen molar-refractivity contribution in [1.29, 1.82) is 0 Å². The third-order valence-electron chi connectivity index (χ3n) is 3.52. The van der Waals surface area contributed by atoms with Crippen LogP contribution in [0.4, 0.5) is 0 Å². The molecule has 1 aromatic rings. The van der Waals surface area contributed by atoms with Crippen LogP contribution in [0.3, 0.4) is 0 Å². The minimum absolute atomic E-state index is 0.125. The largest absolute Gasteiger partial charge is 0.494 e. The molecule has 0 bridgehead atoms. The van der Waals surface area contributed by atoms with Crippen molar-refractivity contribution in [3.05, 3.63) is 29.3 Å². The molecule has 2 nitrogen and oxygen atoms in total. The molecule has 1 aliphatic rings. The molecule has 1 aromatic carbocycles. The van der Waals surface area contributed by atoms with Gasteiger partial charge in [-0.25, -0.2) is 0 Å². The molecule has 0 aliphatic carbocycles. The lowest BCUT2D eigenvalue weighted by atomic mass is 9.92. The lowest BCUT2D eigenvalue weighted by molar-refractivity contribution is 0.0192. The van der Waals surface area contributed by atoms with E-state index in [4.69, 9.17) is 9.47 Å². The van der Waals surface area contributed by atoms with Crippen molar-refractivity contribution in [2.45, 2.75) is 44.0 Å². The van der Waals surface area contributed by atoms with Crippen molar-refractivity contribution in [2.24, 2.45) is 0 Å². The smallest absolute Gasteiger partial charge is 0.123 e. The maximum atomic E-state index is 5.93. The maximum absolute atomic E-state index is 5.93. The highest BCUT2D eigenvalue weighted by Crippen LogP contribution is 2.46. The van der Waals surface area contributed by atoms with Crippen LogP contribution in [0.15, 0.2) is 18.2 Å². The molecular formula is C15H21BrO2. The molecular weight excluding hydrogens is 292 g/mol. The fraction of sp³-hybridized carbons (Fsp3) is 0.600. The van der Waals surface area contributed by atoms with Gasteiger partial charge in [-0.1, -0.05) is 33.6 Å². The van der Waals surface area contributed by atoms with Gasteiger partial charge in [0.25, 0.3) is 0 Å². The molecule has 1 fully saturated rings. The normalized spacial score (nSPS) is 25.1. The van der Waals surface area contributed by atoms with Gasteiger partial charge >= 0.3 is 0 Å². The number of hydrogen-bond donors (Lipinski definition) is 0. The highest BCUT2D eigenvalue weighted by atomic mass is 79.9. The number of ether oxygens (including phenoxy) is 2. The third-order valence-corrected chi connectivity index (χ3v) is 4.99. The van der Waals surface area contributed by atoms with Crippen LogP contribution >= 0.6 is 15.9 Å². The third kappa shape index (κ3) is 2.72. The molecule has 1 aliphatic heterocycles. The van der Waals surface area contributed by atoms with E-state index in [1.807, 2.05) is 6.92 Å². The van der Waals surface area contributed by atoms with E-state index < -0.39 is 0 Å². The van der Waals surface area contributed by atoms with Crippen molar-refractivity contribution in [2.75, 3.05) is 13.2 Å². The summed E-state index contributed by atoms with van der Waals surface area (Å²) < 4.78 is 11.7. The predicted molar refractivity (Wildman–Crippen MR) is 77.6 cm³/mol. The van der Waals surface area contributed by atoms with Crippen molar-refractivity contribution in [1.82, 2.24) is 0 Å². The van der Waals surface area contributed by atoms with Crippen molar-refractivity contribution >= 4 is 15.9 Å². The number of hydrogen-bond acceptors (Lipinski definition) is 2. The van der Waals surface area contributed by atoms with Crippen LogP contribution in [0.5, 0.6) is 5.75 Å². The number of alkyl halides is 1. The summed E-state index contributed by atoms with van der Waals surface area (Å²) in [5, 5.41) is 0. The second kappa shape index (κ2) is 5.62. The van der Waals surface area contributed by atoms with Crippen LogP contribution in [0.1, 0.15) is 42.6 Å². The molecule has 1 heterocycles. The van der Waals surface area contributed by atoms with Crippen LogP contribution in [-0.4, -0.2) is 18.8 Å². The van der Waals surface area contributed by atoms with Gasteiger partial charge < -0.3 is 9.47 Å². The lowest BCUT2D eigenvalue weighted by Gasteiger charge is -2.30. The fourth-order valence-corrected chi connectivity index (χ4v) is 3.20. The van der Waals surface area contributed by atoms with E-state index in [9.17, 15) is 0 Å². The monoisotopic (exact) mass is 312 g/mol. The molecule has 0 radical (unpaired) electrons. The summed E-state index contributed by atoms with van der Waals surface area (Å²) in [5.41, 5.74) is 2.32. The zero-order valence-corrected chi connectivity index (χ0v) is 12.9. The highest BCUT2D eigenvalue weighted by Gasteiger charge is 2.39. The van der Waals surface area contributed by atoms with Gasteiger partial charge in [-0.05, 0) is 39.7 Å². The van der Waals surface area contributed by atoms with Gasteiger partial charge in [-0.3, -0.25) is 0 Å². The van der Waals surface area contributed by atoms with Crippen LogP contribution in [-0.2, 0) is 4.74 Å². The molecule has 0 aromatic heterocycles. The van der Waals surface area contributed by atoms with Crippen molar-refractivity contribution in [3.8, 4) is 5.75 Å². The van der Waals surface area contributed by atoms with Gasteiger partial charge in [-0.15, -0.1) is 0 Å². The molecule has 2 rings (SSSR count). The molecule has 0 amide bonds. The van der Waals surface area contributed by atoms with E-state index in [0.717, 1.165) is 25.2 Å². The molecule has 0 saturated carbocycles. The fourth-order valence-electron chi connectivity index (χ4n) is 2.48. The van der Waals surface area contributed by atoms with E-state index in [0.29, 0.717) is 6.61 Å². The van der Waals surface area contributed by atoms with Crippen LogP contribution in [0.2, 0.25) is 0 Å². The Morgan fingerprint density at radius 2 is 2.28 bits per heavy atom. The van der Waals surface area contributed by atoms with Gasteiger partial charge in [0.2, 0.25) is 0 Å². The standard InChI is InChI=1S/C15H21BrO2/c1-4-17-13-7-6-11(2)10-12(13)14(16)15(3)8-5-9-18-15/h6-7,10,14H,4-5,8-9H2,1-3H3. The van der Waals surface area contributed by atoms with Crippen molar-refractivity contribution < 1.29 is 9.47 Å². The Hall–Kier alpha value is -0.540. The van der Waals surface area contributed by atoms with Crippen molar-refractivity contribution in [3.63, 3.8) is 0 Å². The molecule has 2 atom stereocenters. The van der Waals surface area contributed by atoms with E-state index >= 15 is 0 Å². The van der Waals surface area contributed by atoms with E-state index in [1.165, 1.54) is 11.1 Å². The van der Waals surface area contributed by atoms with Crippen LogP contribution in [0, 0.1) is 6.92 Å². The minimum atomic E-state index is -0.125. The van der Waals surface area contributed by atoms with Gasteiger partial charge in [0, 0.05) is 12.2 Å². The number of halogens is 1. The zero-order chi connectivity index (χ0) is 13.2. The first-order valence-electron chi connectivity index (χ1n) is 6.58. The predicted octanol–water partition coefficient (Wildman–Crippen LogP) is 4.40. The molecule has 3 heteroatoms. The minimum Gasteiger partial charge on any atom is -0.494 e. The van der Waals surface area contributed by atoms with E-state index in [-0.39, 0.29) is 10.4 Å².